The van der Waals surface area contributed by atoms with Crippen molar-refractivity contribution < 1.29 is 0 Å². The fourth-order valence-electron chi connectivity index (χ4n) is 2.28. The Morgan fingerprint density at radius 2 is 1.78 bits per heavy atom. The topological polar surface area (TPSA) is 26.0 Å². The summed E-state index contributed by atoms with van der Waals surface area (Å²) in [5.74, 6) is 0. The maximum atomic E-state index is 5.35. The standard InChI is InChI=1S/C8H18Si.C7H9N.CH4/c1-8-6-4-5-7-9(8,2)3;8-6-7-4-2-1-3-5-7;/h8H,4-7H2,1-3H3;1-5H,6,8H2;1H4. The van der Waals surface area contributed by atoms with E-state index in [2.05, 4.69) is 20.0 Å². The Kier molecular flexibility index (Phi) is 8.21. The van der Waals surface area contributed by atoms with Crippen LogP contribution in [0.5, 0.6) is 0 Å². The van der Waals surface area contributed by atoms with Gasteiger partial charge in [0.05, 0.1) is 8.07 Å². The van der Waals surface area contributed by atoms with Crippen molar-refractivity contribution in [1.82, 2.24) is 0 Å². The normalized spacial score (nSPS) is 21.2. The van der Waals surface area contributed by atoms with Gasteiger partial charge in [-0.15, -0.1) is 0 Å². The van der Waals surface area contributed by atoms with Crippen LogP contribution in [0.1, 0.15) is 39.2 Å². The predicted molar refractivity (Wildman–Crippen MR) is 86.6 cm³/mol. The molecule has 0 amide bonds. The molecule has 1 aromatic rings. The molecule has 1 saturated heterocycles. The third-order valence-electron chi connectivity index (χ3n) is 4.12. The van der Waals surface area contributed by atoms with E-state index < -0.39 is 8.07 Å². The third-order valence-corrected chi connectivity index (χ3v) is 8.72. The van der Waals surface area contributed by atoms with Crippen LogP contribution in [0.3, 0.4) is 0 Å². The third kappa shape index (κ3) is 5.83. The molecule has 104 valence electrons. The van der Waals surface area contributed by atoms with Crippen molar-refractivity contribution in [2.45, 2.75) is 64.8 Å². The summed E-state index contributed by atoms with van der Waals surface area (Å²) in [5, 5.41) is 0. The molecule has 1 nitrogen and oxygen atoms in total. The zero-order valence-corrected chi connectivity index (χ0v) is 12.6. The van der Waals surface area contributed by atoms with Crippen molar-refractivity contribution in [2.75, 3.05) is 0 Å². The highest BCUT2D eigenvalue weighted by molar-refractivity contribution is 6.78. The van der Waals surface area contributed by atoms with E-state index in [1.54, 1.807) is 6.04 Å². The zero-order valence-electron chi connectivity index (χ0n) is 11.6. The minimum Gasteiger partial charge on any atom is -0.326 e. The van der Waals surface area contributed by atoms with Crippen LogP contribution in [0.2, 0.25) is 24.7 Å². The Morgan fingerprint density at radius 1 is 1.17 bits per heavy atom. The quantitative estimate of drug-likeness (QED) is 0.706. The second-order valence-electron chi connectivity index (χ2n) is 5.83. The molecule has 0 aliphatic carbocycles. The number of benzene rings is 1. The van der Waals surface area contributed by atoms with Crippen molar-refractivity contribution in [3.63, 3.8) is 0 Å². The first kappa shape index (κ1) is 17.4. The predicted octanol–water partition coefficient (Wildman–Crippen LogP) is 5.05. The molecule has 1 aromatic carbocycles. The van der Waals surface area contributed by atoms with Crippen molar-refractivity contribution in [2.24, 2.45) is 5.73 Å². The van der Waals surface area contributed by atoms with Crippen LogP contribution in [-0.4, -0.2) is 8.07 Å². The van der Waals surface area contributed by atoms with Gasteiger partial charge in [-0.25, -0.2) is 0 Å². The van der Waals surface area contributed by atoms with Gasteiger partial charge < -0.3 is 5.73 Å². The Balaban J connectivity index is 0.000000306. The van der Waals surface area contributed by atoms with E-state index in [0.29, 0.717) is 6.54 Å². The molecule has 2 N–H and O–H groups in total. The van der Waals surface area contributed by atoms with Gasteiger partial charge in [0.1, 0.15) is 0 Å². The Labute approximate surface area is 115 Å². The summed E-state index contributed by atoms with van der Waals surface area (Å²) < 4.78 is 0. The highest BCUT2D eigenvalue weighted by Crippen LogP contribution is 2.36. The molecule has 1 aliphatic rings. The van der Waals surface area contributed by atoms with Crippen LogP contribution in [0.15, 0.2) is 30.3 Å². The number of rotatable bonds is 1. The summed E-state index contributed by atoms with van der Waals surface area (Å²) in [5.41, 5.74) is 7.63. The molecule has 2 rings (SSSR count). The van der Waals surface area contributed by atoms with Gasteiger partial charge in [0.25, 0.3) is 0 Å². The lowest BCUT2D eigenvalue weighted by Crippen LogP contribution is -2.33. The van der Waals surface area contributed by atoms with Crippen LogP contribution in [-0.2, 0) is 6.54 Å². The van der Waals surface area contributed by atoms with Gasteiger partial charge in [-0.3, -0.25) is 0 Å². The van der Waals surface area contributed by atoms with E-state index in [4.69, 9.17) is 5.73 Å². The number of hydrogen-bond donors (Lipinski definition) is 1. The average molecular weight is 266 g/mol. The molecule has 18 heavy (non-hydrogen) atoms. The van der Waals surface area contributed by atoms with Gasteiger partial charge >= 0.3 is 0 Å². The first-order valence-electron chi connectivity index (χ1n) is 6.80. The molecule has 1 atom stereocenters. The van der Waals surface area contributed by atoms with Gasteiger partial charge in [-0.1, -0.05) is 83.1 Å². The molecular formula is C16H31NSi. The molecule has 0 radical (unpaired) electrons. The average Bonchev–Trinajstić information content (AvgIpc) is 2.35. The largest absolute Gasteiger partial charge is 0.326 e. The van der Waals surface area contributed by atoms with Gasteiger partial charge in [0.2, 0.25) is 0 Å². The van der Waals surface area contributed by atoms with Gasteiger partial charge in [-0.05, 0) is 11.1 Å². The van der Waals surface area contributed by atoms with Crippen LogP contribution in [0, 0.1) is 0 Å². The molecule has 0 spiro atoms. The lowest BCUT2D eigenvalue weighted by molar-refractivity contribution is 0.635. The van der Waals surface area contributed by atoms with Gasteiger partial charge in [0, 0.05) is 6.54 Å². The van der Waals surface area contributed by atoms with E-state index >= 15 is 0 Å². The summed E-state index contributed by atoms with van der Waals surface area (Å²) in [6, 6.07) is 11.6. The summed E-state index contributed by atoms with van der Waals surface area (Å²) >= 11 is 0. The maximum Gasteiger partial charge on any atom is 0.0502 e. The number of nitrogens with two attached hydrogens (primary N) is 1. The molecule has 0 saturated carbocycles. The molecule has 0 aromatic heterocycles. The summed E-state index contributed by atoms with van der Waals surface area (Å²) in [4.78, 5) is 0. The van der Waals surface area contributed by atoms with Crippen LogP contribution in [0.4, 0.5) is 0 Å². The lowest BCUT2D eigenvalue weighted by Gasteiger charge is -2.34. The SMILES string of the molecule is C.CC1CCCC[Si]1(C)C.NCc1ccccc1. The van der Waals surface area contributed by atoms with E-state index in [9.17, 15) is 0 Å². The molecule has 1 aliphatic heterocycles. The first-order chi connectivity index (χ1) is 8.06. The van der Waals surface area contributed by atoms with Crippen molar-refractivity contribution in [3.8, 4) is 0 Å². The Bertz CT molecular complexity index is 308. The fourth-order valence-corrected chi connectivity index (χ4v) is 4.92. The minimum absolute atomic E-state index is 0. The minimum atomic E-state index is -0.694. The molecule has 2 heteroatoms. The second kappa shape index (κ2) is 8.49. The van der Waals surface area contributed by atoms with Gasteiger partial charge in [-0.2, -0.15) is 0 Å². The van der Waals surface area contributed by atoms with Crippen LogP contribution >= 0.6 is 0 Å². The van der Waals surface area contributed by atoms with E-state index in [1.807, 2.05) is 30.3 Å². The first-order valence-corrected chi connectivity index (χ1v) is 10.1. The monoisotopic (exact) mass is 265 g/mol. The maximum absolute atomic E-state index is 5.35. The van der Waals surface area contributed by atoms with E-state index in [-0.39, 0.29) is 7.43 Å². The molecule has 1 fully saturated rings. The van der Waals surface area contributed by atoms with Crippen molar-refractivity contribution in [3.05, 3.63) is 35.9 Å². The zero-order chi connectivity index (χ0) is 12.7. The second-order valence-corrected chi connectivity index (χ2v) is 11.3. The van der Waals surface area contributed by atoms with E-state index in [1.165, 1.54) is 24.8 Å². The Hall–Kier alpha value is -0.603. The molecular weight excluding hydrogens is 234 g/mol. The van der Waals surface area contributed by atoms with Gasteiger partial charge in [0.15, 0.2) is 0 Å². The van der Waals surface area contributed by atoms with Crippen molar-refractivity contribution >= 4 is 8.07 Å². The van der Waals surface area contributed by atoms with Crippen molar-refractivity contribution in [1.29, 1.82) is 0 Å². The molecule has 1 unspecified atom stereocenters. The number of hydrogen-bond acceptors (Lipinski definition) is 1. The molecule has 1 heterocycles. The summed E-state index contributed by atoms with van der Waals surface area (Å²) in [7, 11) is -0.694. The highest BCUT2D eigenvalue weighted by atomic mass is 28.3. The van der Waals surface area contributed by atoms with E-state index in [0.717, 1.165) is 5.54 Å². The van der Waals surface area contributed by atoms with Crippen LogP contribution in [0.25, 0.3) is 0 Å². The highest BCUT2D eigenvalue weighted by Gasteiger charge is 2.30. The lowest BCUT2D eigenvalue weighted by atomic mass is 10.2. The fraction of sp³-hybridized carbons (Fsp3) is 0.625. The smallest absolute Gasteiger partial charge is 0.0502 e. The molecule has 0 bridgehead atoms. The summed E-state index contributed by atoms with van der Waals surface area (Å²) in [6.07, 6.45) is 4.53. The summed E-state index contributed by atoms with van der Waals surface area (Å²) in [6.45, 7) is 8.17. The van der Waals surface area contributed by atoms with Crippen LogP contribution < -0.4 is 5.73 Å². The Morgan fingerprint density at radius 3 is 2.11 bits per heavy atom.